The Morgan fingerprint density at radius 1 is 1.14 bits per heavy atom. The number of fused-ring (bicyclic) bond motifs is 1. The molecule has 1 fully saturated rings. The molecular weight excluding hydrogens is 440 g/mol. The number of carbonyl (C=O) groups is 1. The zero-order chi connectivity index (χ0) is 24.4. The number of aryl methyl sites for hydroxylation is 3. The minimum absolute atomic E-state index is 0.428. The normalized spacial score (nSPS) is 14.7. The average Bonchev–Trinajstić information content (AvgIpc) is 3.60. The summed E-state index contributed by atoms with van der Waals surface area (Å²) in [5, 5.41) is 17.6. The molecular formula is C26H34N8O. The molecule has 0 atom stereocenters. The number of nitrogens with two attached hydrogens (primary N) is 1. The van der Waals surface area contributed by atoms with Gasteiger partial charge in [-0.2, -0.15) is 15.3 Å². The lowest BCUT2D eigenvalue weighted by atomic mass is 9.86. The highest BCUT2D eigenvalue weighted by Gasteiger charge is 2.19. The van der Waals surface area contributed by atoms with Crippen molar-refractivity contribution in [3.05, 3.63) is 35.7 Å². The fourth-order valence-electron chi connectivity index (χ4n) is 5.33. The van der Waals surface area contributed by atoms with Crippen molar-refractivity contribution in [3.8, 4) is 22.9 Å². The summed E-state index contributed by atoms with van der Waals surface area (Å²) in [6, 6.07) is 5.57. The molecule has 9 heteroatoms. The molecule has 0 radical (unpaired) electrons. The number of primary amides is 1. The number of aromatic nitrogens is 7. The number of aromatic amines is 1. The number of amides is 1. The van der Waals surface area contributed by atoms with Gasteiger partial charge in [0.25, 0.3) is 0 Å². The molecule has 0 bridgehead atoms. The van der Waals surface area contributed by atoms with Crippen molar-refractivity contribution in [2.24, 2.45) is 11.7 Å². The topological polar surface area (TPSA) is 120 Å². The van der Waals surface area contributed by atoms with E-state index in [0.717, 1.165) is 53.3 Å². The zero-order valence-corrected chi connectivity index (χ0v) is 20.6. The summed E-state index contributed by atoms with van der Waals surface area (Å²) in [5.74, 6) is 1.55. The SMILES string of the molecule is CCn1nc(C)cc1-c1nc(-c2cc(C(N)=O)cc3c2cnn3CCCCC2CCCCC2)n[nH]1. The zero-order valence-electron chi connectivity index (χ0n) is 20.6. The summed E-state index contributed by atoms with van der Waals surface area (Å²) in [7, 11) is 0. The number of hydrogen-bond acceptors (Lipinski definition) is 5. The molecule has 1 aliphatic carbocycles. The van der Waals surface area contributed by atoms with Crippen LogP contribution in [-0.2, 0) is 13.1 Å². The van der Waals surface area contributed by atoms with Crippen LogP contribution in [0.15, 0.2) is 24.4 Å². The van der Waals surface area contributed by atoms with Crippen LogP contribution < -0.4 is 5.73 Å². The van der Waals surface area contributed by atoms with Crippen LogP contribution in [0, 0.1) is 12.8 Å². The Labute approximate surface area is 205 Å². The molecule has 0 saturated heterocycles. The quantitative estimate of drug-likeness (QED) is 0.336. The second-order valence-corrected chi connectivity index (χ2v) is 9.68. The van der Waals surface area contributed by atoms with E-state index in [4.69, 9.17) is 10.7 Å². The van der Waals surface area contributed by atoms with Crippen LogP contribution in [0.2, 0.25) is 0 Å². The smallest absolute Gasteiger partial charge is 0.248 e. The van der Waals surface area contributed by atoms with Crippen molar-refractivity contribution in [2.75, 3.05) is 0 Å². The molecule has 35 heavy (non-hydrogen) atoms. The van der Waals surface area contributed by atoms with Gasteiger partial charge in [-0.1, -0.05) is 44.9 Å². The van der Waals surface area contributed by atoms with Gasteiger partial charge in [0, 0.05) is 29.6 Å². The summed E-state index contributed by atoms with van der Waals surface area (Å²) >= 11 is 0. The van der Waals surface area contributed by atoms with Crippen molar-refractivity contribution in [1.29, 1.82) is 0 Å². The maximum absolute atomic E-state index is 12.1. The predicted molar refractivity (Wildman–Crippen MR) is 136 cm³/mol. The standard InChI is InChI=1S/C26H34N8O/c1-3-33-23(13-17(2)32-33)26-29-25(30-31-26)20-14-19(24(27)35)15-22-21(20)16-28-34(22)12-8-7-11-18-9-5-4-6-10-18/h13-16,18H,3-12H2,1-2H3,(H2,27,35)(H,29,30,31). The Hall–Kier alpha value is -3.49. The minimum Gasteiger partial charge on any atom is -0.366 e. The van der Waals surface area contributed by atoms with Crippen LogP contribution in [0.1, 0.15) is 74.3 Å². The van der Waals surface area contributed by atoms with Gasteiger partial charge in [0.1, 0.15) is 5.69 Å². The number of H-pyrrole nitrogens is 1. The second kappa shape index (κ2) is 10.0. The van der Waals surface area contributed by atoms with Crippen LogP contribution in [0.4, 0.5) is 0 Å². The lowest BCUT2D eigenvalue weighted by Gasteiger charge is -2.21. The highest BCUT2D eigenvalue weighted by atomic mass is 16.1. The molecule has 3 heterocycles. The Balaban J connectivity index is 1.41. The molecule has 1 amide bonds. The van der Waals surface area contributed by atoms with Gasteiger partial charge >= 0.3 is 0 Å². The maximum atomic E-state index is 12.1. The Morgan fingerprint density at radius 3 is 2.74 bits per heavy atom. The number of unbranched alkanes of at least 4 members (excludes halogenated alkanes) is 1. The third-order valence-electron chi connectivity index (χ3n) is 7.17. The van der Waals surface area contributed by atoms with Crippen molar-refractivity contribution >= 4 is 16.8 Å². The van der Waals surface area contributed by atoms with E-state index in [0.29, 0.717) is 17.2 Å². The molecule has 3 aromatic heterocycles. The van der Waals surface area contributed by atoms with Crippen molar-refractivity contribution in [2.45, 2.75) is 78.3 Å². The fraction of sp³-hybridized carbons (Fsp3) is 0.500. The lowest BCUT2D eigenvalue weighted by molar-refractivity contribution is 0.100. The van der Waals surface area contributed by atoms with E-state index >= 15 is 0 Å². The van der Waals surface area contributed by atoms with Crippen molar-refractivity contribution < 1.29 is 4.79 Å². The molecule has 0 spiro atoms. The Morgan fingerprint density at radius 2 is 1.97 bits per heavy atom. The van der Waals surface area contributed by atoms with E-state index in [9.17, 15) is 4.79 Å². The molecule has 4 aromatic rings. The largest absolute Gasteiger partial charge is 0.366 e. The summed E-state index contributed by atoms with van der Waals surface area (Å²) < 4.78 is 3.87. The average molecular weight is 475 g/mol. The third-order valence-corrected chi connectivity index (χ3v) is 7.17. The summed E-state index contributed by atoms with van der Waals surface area (Å²) in [4.78, 5) is 16.9. The van der Waals surface area contributed by atoms with Gasteiger partial charge in [-0.15, -0.1) is 0 Å². The minimum atomic E-state index is -0.478. The first-order chi connectivity index (χ1) is 17.0. The molecule has 0 aliphatic heterocycles. The van der Waals surface area contributed by atoms with Gasteiger partial charge in [-0.3, -0.25) is 19.3 Å². The monoisotopic (exact) mass is 474 g/mol. The molecule has 184 valence electrons. The van der Waals surface area contributed by atoms with E-state index in [2.05, 4.69) is 20.4 Å². The van der Waals surface area contributed by atoms with Crippen LogP contribution in [-0.4, -0.2) is 40.6 Å². The summed E-state index contributed by atoms with van der Waals surface area (Å²) in [6.07, 6.45) is 12.3. The van der Waals surface area contributed by atoms with E-state index in [1.54, 1.807) is 6.07 Å². The molecule has 9 nitrogen and oxygen atoms in total. The van der Waals surface area contributed by atoms with Crippen molar-refractivity contribution in [3.63, 3.8) is 0 Å². The molecule has 0 unspecified atom stereocenters. The molecule has 1 aromatic carbocycles. The highest BCUT2D eigenvalue weighted by Crippen LogP contribution is 2.31. The lowest BCUT2D eigenvalue weighted by Crippen LogP contribution is -2.11. The molecule has 1 aliphatic rings. The Bertz CT molecular complexity index is 1320. The fourth-order valence-corrected chi connectivity index (χ4v) is 5.33. The number of nitrogens with one attached hydrogen (secondary N) is 1. The van der Waals surface area contributed by atoms with Crippen LogP contribution in [0.5, 0.6) is 0 Å². The highest BCUT2D eigenvalue weighted by molar-refractivity contribution is 6.02. The second-order valence-electron chi connectivity index (χ2n) is 9.68. The molecule has 3 N–H and O–H groups in total. The van der Waals surface area contributed by atoms with Crippen LogP contribution in [0.3, 0.4) is 0 Å². The summed E-state index contributed by atoms with van der Waals surface area (Å²) in [6.45, 7) is 5.53. The number of hydrogen-bond donors (Lipinski definition) is 2. The van der Waals surface area contributed by atoms with E-state index in [1.165, 1.54) is 44.9 Å². The van der Waals surface area contributed by atoms with Gasteiger partial charge in [-0.05, 0) is 44.4 Å². The number of nitrogens with zero attached hydrogens (tertiary/aromatic N) is 6. The summed E-state index contributed by atoms with van der Waals surface area (Å²) in [5.41, 5.74) is 9.53. The van der Waals surface area contributed by atoms with E-state index in [-0.39, 0.29) is 0 Å². The maximum Gasteiger partial charge on any atom is 0.248 e. The van der Waals surface area contributed by atoms with Gasteiger partial charge in [-0.25, -0.2) is 4.98 Å². The van der Waals surface area contributed by atoms with E-state index < -0.39 is 5.91 Å². The van der Waals surface area contributed by atoms with Gasteiger partial charge in [0.15, 0.2) is 11.6 Å². The van der Waals surface area contributed by atoms with Crippen LogP contribution in [0.25, 0.3) is 33.8 Å². The molecule has 1 saturated carbocycles. The predicted octanol–water partition coefficient (Wildman–Crippen LogP) is 4.86. The first-order valence-electron chi connectivity index (χ1n) is 12.8. The third kappa shape index (κ3) is 4.85. The Kier molecular flexibility index (Phi) is 6.66. The van der Waals surface area contributed by atoms with Gasteiger partial charge in [0.2, 0.25) is 5.91 Å². The molecule has 5 rings (SSSR count). The van der Waals surface area contributed by atoms with E-state index in [1.807, 2.05) is 41.5 Å². The number of benzene rings is 1. The van der Waals surface area contributed by atoms with Gasteiger partial charge < -0.3 is 5.73 Å². The van der Waals surface area contributed by atoms with Crippen LogP contribution >= 0.6 is 0 Å². The van der Waals surface area contributed by atoms with Crippen molar-refractivity contribution in [1.82, 2.24) is 34.7 Å². The number of rotatable bonds is 9. The van der Waals surface area contributed by atoms with Gasteiger partial charge in [0.05, 0.1) is 17.4 Å². The first-order valence-corrected chi connectivity index (χ1v) is 12.8. The number of carbonyl (C=O) groups excluding carboxylic acids is 1. The first kappa shape index (κ1) is 23.3.